The first kappa shape index (κ1) is 15.6. The van der Waals surface area contributed by atoms with Crippen LogP contribution >= 0.6 is 11.8 Å². The molecule has 0 bridgehead atoms. The summed E-state index contributed by atoms with van der Waals surface area (Å²) < 4.78 is 0. The molecule has 6 nitrogen and oxygen atoms in total. The van der Waals surface area contributed by atoms with Crippen molar-refractivity contribution in [3.05, 3.63) is 33.9 Å². The topological polar surface area (TPSA) is 98.3 Å². The zero-order valence-electron chi connectivity index (χ0n) is 11.9. The third kappa shape index (κ3) is 3.66. The number of nitrogens with zero attached hydrogens (tertiary/aromatic N) is 1. The molecule has 114 valence electrons. The molecule has 0 spiro atoms. The standard InChI is InChI=1S/C14H19N3O3S/c1-2-21-13-5-3-4-11(13)16-14(18)10-8-9(15)6-7-12(10)17(19)20/h6-8,11,13H,2-5,15H2,1H3,(H,16,18). The maximum absolute atomic E-state index is 12.3. The first-order chi connectivity index (χ1) is 10.0. The molecule has 2 unspecified atom stereocenters. The van der Waals surface area contributed by atoms with Gasteiger partial charge in [0.1, 0.15) is 5.56 Å². The van der Waals surface area contributed by atoms with E-state index < -0.39 is 10.8 Å². The Balaban J connectivity index is 2.16. The van der Waals surface area contributed by atoms with E-state index in [2.05, 4.69) is 12.2 Å². The van der Waals surface area contributed by atoms with Crippen molar-refractivity contribution in [1.29, 1.82) is 0 Å². The van der Waals surface area contributed by atoms with Crippen molar-refractivity contribution in [2.45, 2.75) is 37.5 Å². The number of benzene rings is 1. The third-order valence-electron chi connectivity index (χ3n) is 3.61. The summed E-state index contributed by atoms with van der Waals surface area (Å²) in [6, 6.07) is 4.14. The zero-order valence-corrected chi connectivity index (χ0v) is 12.7. The van der Waals surface area contributed by atoms with E-state index in [0.717, 1.165) is 25.0 Å². The van der Waals surface area contributed by atoms with Gasteiger partial charge in [0.25, 0.3) is 11.6 Å². The quantitative estimate of drug-likeness (QED) is 0.495. The summed E-state index contributed by atoms with van der Waals surface area (Å²) in [6.45, 7) is 2.09. The van der Waals surface area contributed by atoms with Crippen LogP contribution in [0.2, 0.25) is 0 Å². The molecular weight excluding hydrogens is 290 g/mol. The average molecular weight is 309 g/mol. The third-order valence-corrected chi connectivity index (χ3v) is 4.94. The molecule has 0 aromatic heterocycles. The number of carbonyl (C=O) groups is 1. The highest BCUT2D eigenvalue weighted by Gasteiger charge is 2.30. The molecule has 1 aromatic carbocycles. The maximum Gasteiger partial charge on any atom is 0.282 e. The lowest BCUT2D eigenvalue weighted by Crippen LogP contribution is -2.39. The number of carbonyl (C=O) groups excluding carboxylic acids is 1. The monoisotopic (exact) mass is 309 g/mol. The molecule has 1 aromatic rings. The second-order valence-corrected chi connectivity index (χ2v) is 6.55. The number of hydrogen-bond donors (Lipinski definition) is 2. The maximum atomic E-state index is 12.3. The number of nitrogens with one attached hydrogen (secondary N) is 1. The van der Waals surface area contributed by atoms with Crippen molar-refractivity contribution in [3.63, 3.8) is 0 Å². The van der Waals surface area contributed by atoms with Crippen LogP contribution in [-0.4, -0.2) is 27.9 Å². The van der Waals surface area contributed by atoms with Gasteiger partial charge in [0.2, 0.25) is 0 Å². The Labute approximate surface area is 127 Å². The normalized spacial score (nSPS) is 21.2. The van der Waals surface area contributed by atoms with Gasteiger partial charge in [-0.2, -0.15) is 11.8 Å². The van der Waals surface area contributed by atoms with E-state index in [1.165, 1.54) is 18.2 Å². The lowest BCUT2D eigenvalue weighted by Gasteiger charge is -2.20. The van der Waals surface area contributed by atoms with E-state index in [0.29, 0.717) is 10.9 Å². The summed E-state index contributed by atoms with van der Waals surface area (Å²) in [5.41, 5.74) is 5.81. The Morgan fingerprint density at radius 2 is 2.29 bits per heavy atom. The number of nitro benzene ring substituents is 1. The molecular formula is C14H19N3O3S. The van der Waals surface area contributed by atoms with Gasteiger partial charge in [-0.25, -0.2) is 0 Å². The molecule has 2 atom stereocenters. The number of nitrogen functional groups attached to an aromatic ring is 1. The summed E-state index contributed by atoms with van der Waals surface area (Å²) in [7, 11) is 0. The molecule has 1 fully saturated rings. The molecule has 21 heavy (non-hydrogen) atoms. The van der Waals surface area contributed by atoms with Gasteiger partial charge in [-0.05, 0) is 30.7 Å². The number of rotatable bonds is 5. The molecule has 0 heterocycles. The van der Waals surface area contributed by atoms with Crippen molar-refractivity contribution in [3.8, 4) is 0 Å². The van der Waals surface area contributed by atoms with Crippen LogP contribution in [0.3, 0.4) is 0 Å². The highest BCUT2D eigenvalue weighted by Crippen LogP contribution is 2.30. The van der Waals surface area contributed by atoms with Gasteiger partial charge in [0.15, 0.2) is 0 Å². The summed E-state index contributed by atoms with van der Waals surface area (Å²) >= 11 is 1.82. The Hall–Kier alpha value is -1.76. The van der Waals surface area contributed by atoms with Crippen LogP contribution in [0.15, 0.2) is 18.2 Å². The lowest BCUT2D eigenvalue weighted by atomic mass is 10.1. The van der Waals surface area contributed by atoms with Crippen molar-refractivity contribution in [2.24, 2.45) is 0 Å². The van der Waals surface area contributed by atoms with Crippen LogP contribution in [0.25, 0.3) is 0 Å². The Morgan fingerprint density at radius 1 is 1.52 bits per heavy atom. The fourth-order valence-electron chi connectivity index (χ4n) is 2.65. The zero-order chi connectivity index (χ0) is 15.4. The SMILES string of the molecule is CCSC1CCCC1NC(=O)c1cc(N)ccc1[N+](=O)[O-]. The van der Waals surface area contributed by atoms with Gasteiger partial charge < -0.3 is 11.1 Å². The van der Waals surface area contributed by atoms with Gasteiger partial charge >= 0.3 is 0 Å². The fraction of sp³-hybridized carbons (Fsp3) is 0.500. The number of thioether (sulfide) groups is 1. The lowest BCUT2D eigenvalue weighted by molar-refractivity contribution is -0.385. The summed E-state index contributed by atoms with van der Waals surface area (Å²) in [5.74, 6) is 0.581. The number of amides is 1. The van der Waals surface area contributed by atoms with Gasteiger partial charge in [-0.1, -0.05) is 13.3 Å². The van der Waals surface area contributed by atoms with Crippen LogP contribution in [0.5, 0.6) is 0 Å². The van der Waals surface area contributed by atoms with E-state index >= 15 is 0 Å². The number of nitro groups is 1. The van der Waals surface area contributed by atoms with Gasteiger partial charge in [0.05, 0.1) is 4.92 Å². The van der Waals surface area contributed by atoms with Gasteiger partial charge in [-0.15, -0.1) is 0 Å². The largest absolute Gasteiger partial charge is 0.399 e. The first-order valence-corrected chi connectivity index (χ1v) is 8.04. The molecule has 1 amide bonds. The molecule has 1 saturated carbocycles. The summed E-state index contributed by atoms with van der Waals surface area (Å²) in [6.07, 6.45) is 3.06. The molecule has 2 rings (SSSR count). The minimum atomic E-state index is -0.554. The summed E-state index contributed by atoms with van der Waals surface area (Å²) in [5, 5.41) is 14.3. The second-order valence-electron chi connectivity index (χ2n) is 5.04. The first-order valence-electron chi connectivity index (χ1n) is 6.99. The molecule has 7 heteroatoms. The Kier molecular flexibility index (Phi) is 5.06. The molecule has 1 aliphatic carbocycles. The van der Waals surface area contributed by atoms with Crippen LogP contribution in [0.1, 0.15) is 36.5 Å². The van der Waals surface area contributed by atoms with E-state index in [4.69, 9.17) is 5.73 Å². The highest BCUT2D eigenvalue weighted by atomic mass is 32.2. The minimum absolute atomic E-state index is 0.0344. The summed E-state index contributed by atoms with van der Waals surface area (Å²) in [4.78, 5) is 22.8. The van der Waals surface area contributed by atoms with Crippen molar-refractivity contribution < 1.29 is 9.72 Å². The molecule has 0 radical (unpaired) electrons. The van der Waals surface area contributed by atoms with E-state index in [9.17, 15) is 14.9 Å². The molecule has 0 saturated heterocycles. The number of nitrogens with two attached hydrogens (primary N) is 1. The average Bonchev–Trinajstić information content (AvgIpc) is 2.86. The predicted molar refractivity (Wildman–Crippen MR) is 84.5 cm³/mol. The number of anilines is 1. The van der Waals surface area contributed by atoms with E-state index in [1.54, 1.807) is 0 Å². The van der Waals surface area contributed by atoms with E-state index in [1.807, 2.05) is 11.8 Å². The molecule has 0 aliphatic heterocycles. The van der Waals surface area contributed by atoms with Crippen molar-refractivity contribution in [2.75, 3.05) is 11.5 Å². The Bertz CT molecular complexity index is 550. The van der Waals surface area contributed by atoms with Gasteiger partial charge in [0, 0.05) is 23.0 Å². The smallest absolute Gasteiger partial charge is 0.282 e. The van der Waals surface area contributed by atoms with Crippen molar-refractivity contribution >= 4 is 29.0 Å². The minimum Gasteiger partial charge on any atom is -0.399 e. The van der Waals surface area contributed by atoms with E-state index in [-0.39, 0.29) is 17.3 Å². The number of hydrogen-bond acceptors (Lipinski definition) is 5. The predicted octanol–water partition coefficient (Wildman–Crippen LogP) is 2.58. The molecule has 3 N–H and O–H groups in total. The molecule has 1 aliphatic rings. The highest BCUT2D eigenvalue weighted by molar-refractivity contribution is 7.99. The van der Waals surface area contributed by atoms with Crippen LogP contribution < -0.4 is 11.1 Å². The fourth-order valence-corrected chi connectivity index (χ4v) is 3.84. The van der Waals surface area contributed by atoms with Crippen molar-refractivity contribution in [1.82, 2.24) is 5.32 Å². The van der Waals surface area contributed by atoms with Crippen LogP contribution in [0.4, 0.5) is 11.4 Å². The van der Waals surface area contributed by atoms with Crippen LogP contribution in [0, 0.1) is 10.1 Å². The Morgan fingerprint density at radius 3 is 2.95 bits per heavy atom. The van der Waals surface area contributed by atoms with Gasteiger partial charge in [-0.3, -0.25) is 14.9 Å². The second kappa shape index (κ2) is 6.80. The van der Waals surface area contributed by atoms with Crippen LogP contribution in [-0.2, 0) is 0 Å².